The number of fused-ring (bicyclic) bond motifs is 1. The number of hydrogen-bond donors (Lipinski definition) is 3. The van der Waals surface area contributed by atoms with Crippen LogP contribution >= 0.6 is 0 Å². The first-order valence-corrected chi connectivity index (χ1v) is 12.9. The number of carbonyl (C=O) groups is 2. The molecular formula is C29H37FN4O4. The summed E-state index contributed by atoms with van der Waals surface area (Å²) in [5.74, 6) is -1.41. The average Bonchev–Trinajstić information content (AvgIpc) is 2.90. The molecule has 3 aromatic rings. The first-order chi connectivity index (χ1) is 18.2. The van der Waals surface area contributed by atoms with E-state index in [0.29, 0.717) is 30.6 Å². The van der Waals surface area contributed by atoms with E-state index in [-0.39, 0.29) is 30.9 Å². The topological polar surface area (TPSA) is 113 Å². The number of benzene rings is 2. The molecule has 0 unspecified atom stereocenters. The zero-order valence-electron chi connectivity index (χ0n) is 22.2. The smallest absolute Gasteiger partial charge is 0.271 e. The van der Waals surface area contributed by atoms with Crippen LogP contribution in [0.1, 0.15) is 49.2 Å². The number of ether oxygens (including phenoxy) is 1. The van der Waals surface area contributed by atoms with E-state index in [1.807, 2.05) is 48.5 Å². The average molecular weight is 525 g/mol. The van der Waals surface area contributed by atoms with Crippen molar-refractivity contribution in [3.05, 3.63) is 72.1 Å². The van der Waals surface area contributed by atoms with Gasteiger partial charge < -0.3 is 20.5 Å². The zero-order chi connectivity index (χ0) is 27.5. The predicted molar refractivity (Wildman–Crippen MR) is 144 cm³/mol. The maximum atomic E-state index is 14.3. The fraction of sp³-hybridized carbons (Fsp3) is 0.448. The Morgan fingerprint density at radius 2 is 1.76 bits per heavy atom. The van der Waals surface area contributed by atoms with E-state index in [0.717, 1.165) is 5.56 Å². The summed E-state index contributed by atoms with van der Waals surface area (Å²) < 4.78 is 19.3. The van der Waals surface area contributed by atoms with Gasteiger partial charge in [-0.05, 0) is 57.2 Å². The Kier molecular flexibility index (Phi) is 10.7. The summed E-state index contributed by atoms with van der Waals surface area (Å²) in [5, 5.41) is 17.0. The molecule has 9 heteroatoms. The number of aliphatic hydroxyl groups is 1. The minimum atomic E-state index is -1.46. The summed E-state index contributed by atoms with van der Waals surface area (Å²) in [4.78, 5) is 34.8. The number of rotatable bonds is 14. The van der Waals surface area contributed by atoms with E-state index in [1.165, 1.54) is 27.2 Å². The van der Waals surface area contributed by atoms with E-state index in [4.69, 9.17) is 4.74 Å². The third kappa shape index (κ3) is 9.15. The number of methoxy groups -OCH3 is 1. The van der Waals surface area contributed by atoms with Crippen LogP contribution in [0.4, 0.5) is 4.39 Å². The van der Waals surface area contributed by atoms with Crippen LogP contribution in [0.25, 0.3) is 11.0 Å². The first-order valence-electron chi connectivity index (χ1n) is 12.9. The largest absolute Gasteiger partial charge is 0.391 e. The molecule has 0 saturated carbocycles. The summed E-state index contributed by atoms with van der Waals surface area (Å²) in [7, 11) is 1.54. The molecule has 3 N–H and O–H groups in total. The molecule has 0 aliphatic heterocycles. The standard InChI is InChI=1S/C29H37FN4O4/c1-29(2,30)14-13-21(27(36)31-15-16-38-3)18-26(35)24(17-20-9-5-4-6-10-20)34-28(37)25-19-32-22-11-7-8-12-23(22)33-25/h4-12,19,21,24,26,35H,13-18H2,1-3H3,(H,31,36)(H,34,37)/t21-,24+,26+/m1/s1. The third-order valence-corrected chi connectivity index (χ3v) is 6.35. The molecule has 2 aromatic carbocycles. The van der Waals surface area contributed by atoms with Crippen LogP contribution < -0.4 is 10.6 Å². The highest BCUT2D eigenvalue weighted by molar-refractivity contribution is 5.94. The fourth-order valence-corrected chi connectivity index (χ4v) is 4.21. The molecule has 0 saturated heterocycles. The van der Waals surface area contributed by atoms with Gasteiger partial charge >= 0.3 is 0 Å². The number of aliphatic hydroxyl groups excluding tert-OH is 1. The lowest BCUT2D eigenvalue weighted by atomic mass is 9.87. The molecule has 0 bridgehead atoms. The fourth-order valence-electron chi connectivity index (χ4n) is 4.21. The number of para-hydroxylation sites is 2. The van der Waals surface area contributed by atoms with Gasteiger partial charge in [-0.15, -0.1) is 0 Å². The Bertz CT molecular complexity index is 1190. The van der Waals surface area contributed by atoms with Gasteiger partial charge in [0.15, 0.2) is 0 Å². The third-order valence-electron chi connectivity index (χ3n) is 6.35. The molecule has 1 heterocycles. The van der Waals surface area contributed by atoms with Gasteiger partial charge in [0.25, 0.3) is 5.91 Å². The van der Waals surface area contributed by atoms with Crippen molar-refractivity contribution in [1.82, 2.24) is 20.6 Å². The van der Waals surface area contributed by atoms with Crippen LogP contribution in [0.3, 0.4) is 0 Å². The summed E-state index contributed by atoms with van der Waals surface area (Å²) in [6.07, 6.45) is 1.12. The van der Waals surface area contributed by atoms with Crippen LogP contribution in [0.2, 0.25) is 0 Å². The first kappa shape index (κ1) is 29.1. The molecule has 0 aliphatic carbocycles. The Balaban J connectivity index is 1.79. The summed E-state index contributed by atoms with van der Waals surface area (Å²) in [5.41, 5.74) is 0.835. The molecule has 1 aromatic heterocycles. The summed E-state index contributed by atoms with van der Waals surface area (Å²) >= 11 is 0. The molecule has 204 valence electrons. The molecule has 3 rings (SSSR count). The molecular weight excluding hydrogens is 487 g/mol. The Morgan fingerprint density at radius 3 is 2.45 bits per heavy atom. The molecule has 2 amide bonds. The van der Waals surface area contributed by atoms with Crippen molar-refractivity contribution in [3.63, 3.8) is 0 Å². The minimum absolute atomic E-state index is 0.0517. The van der Waals surface area contributed by atoms with Gasteiger partial charge in [0.2, 0.25) is 5.91 Å². The molecule has 0 radical (unpaired) electrons. The van der Waals surface area contributed by atoms with E-state index in [2.05, 4.69) is 20.6 Å². The summed E-state index contributed by atoms with van der Waals surface area (Å²) in [6.45, 7) is 3.58. The van der Waals surface area contributed by atoms with Crippen molar-refractivity contribution in [3.8, 4) is 0 Å². The number of hydrogen-bond acceptors (Lipinski definition) is 6. The van der Waals surface area contributed by atoms with E-state index in [1.54, 1.807) is 6.07 Å². The lowest BCUT2D eigenvalue weighted by Crippen LogP contribution is -2.47. The molecule has 3 atom stereocenters. The van der Waals surface area contributed by atoms with Crippen LogP contribution in [0.5, 0.6) is 0 Å². The van der Waals surface area contributed by atoms with Gasteiger partial charge in [0.05, 0.1) is 36.0 Å². The second-order valence-electron chi connectivity index (χ2n) is 10.1. The molecule has 38 heavy (non-hydrogen) atoms. The van der Waals surface area contributed by atoms with Crippen LogP contribution in [-0.2, 0) is 16.0 Å². The van der Waals surface area contributed by atoms with Crippen molar-refractivity contribution in [2.24, 2.45) is 5.92 Å². The van der Waals surface area contributed by atoms with Crippen LogP contribution in [0.15, 0.2) is 60.8 Å². The van der Waals surface area contributed by atoms with Gasteiger partial charge in [-0.2, -0.15) is 0 Å². The number of aromatic nitrogens is 2. The van der Waals surface area contributed by atoms with Gasteiger partial charge in [-0.1, -0.05) is 42.5 Å². The lowest BCUT2D eigenvalue weighted by Gasteiger charge is -2.28. The zero-order valence-corrected chi connectivity index (χ0v) is 22.2. The van der Waals surface area contributed by atoms with Crippen molar-refractivity contribution in [2.45, 2.75) is 57.3 Å². The number of halogens is 1. The van der Waals surface area contributed by atoms with Crippen LogP contribution in [0, 0.1) is 5.92 Å². The highest BCUT2D eigenvalue weighted by atomic mass is 19.1. The van der Waals surface area contributed by atoms with E-state index in [9.17, 15) is 19.1 Å². The molecule has 8 nitrogen and oxygen atoms in total. The summed E-state index contributed by atoms with van der Waals surface area (Å²) in [6, 6.07) is 16.0. The van der Waals surface area contributed by atoms with Gasteiger partial charge in [-0.3, -0.25) is 14.6 Å². The highest BCUT2D eigenvalue weighted by Gasteiger charge is 2.30. The second kappa shape index (κ2) is 13.9. The number of alkyl halides is 1. The molecule has 0 aliphatic rings. The maximum absolute atomic E-state index is 14.3. The monoisotopic (exact) mass is 524 g/mol. The number of amides is 2. The van der Waals surface area contributed by atoms with Gasteiger partial charge in [0.1, 0.15) is 11.4 Å². The van der Waals surface area contributed by atoms with E-state index >= 15 is 0 Å². The van der Waals surface area contributed by atoms with Crippen molar-refractivity contribution < 1.29 is 23.8 Å². The molecule has 0 spiro atoms. The van der Waals surface area contributed by atoms with Crippen molar-refractivity contribution in [1.29, 1.82) is 0 Å². The van der Waals surface area contributed by atoms with Crippen molar-refractivity contribution in [2.75, 3.05) is 20.3 Å². The van der Waals surface area contributed by atoms with Crippen molar-refractivity contribution >= 4 is 22.8 Å². The minimum Gasteiger partial charge on any atom is -0.391 e. The Morgan fingerprint density at radius 1 is 1.08 bits per heavy atom. The lowest BCUT2D eigenvalue weighted by molar-refractivity contribution is -0.126. The SMILES string of the molecule is COCCNC(=O)[C@H](CCC(C)(C)F)C[C@H](O)[C@H](Cc1ccccc1)NC(=O)c1cnc2ccccc2n1. The number of nitrogens with one attached hydrogen (secondary N) is 2. The number of nitrogens with zero attached hydrogens (tertiary/aromatic N) is 2. The highest BCUT2D eigenvalue weighted by Crippen LogP contribution is 2.24. The molecule has 0 fully saturated rings. The second-order valence-corrected chi connectivity index (χ2v) is 10.1. The number of carbonyl (C=O) groups excluding carboxylic acids is 2. The van der Waals surface area contributed by atoms with Crippen LogP contribution in [-0.4, -0.2) is 65.0 Å². The van der Waals surface area contributed by atoms with Gasteiger partial charge in [0, 0.05) is 19.6 Å². The Hall–Kier alpha value is -3.43. The normalized spacial score (nSPS) is 14.0. The van der Waals surface area contributed by atoms with Gasteiger partial charge in [-0.25, -0.2) is 9.37 Å². The maximum Gasteiger partial charge on any atom is 0.271 e. The Labute approximate surface area is 223 Å². The predicted octanol–water partition coefficient (Wildman–Crippen LogP) is 3.63. The van der Waals surface area contributed by atoms with E-state index < -0.39 is 29.6 Å². The quantitative estimate of drug-likeness (QED) is 0.278.